The quantitative estimate of drug-likeness (QED) is 0.0300. The first-order chi connectivity index (χ1) is 38.0. The van der Waals surface area contributed by atoms with Gasteiger partial charge in [0.15, 0.2) is 0 Å². The third-order valence-electron chi connectivity index (χ3n) is 12.0. The molecule has 0 aliphatic heterocycles. The number of hydrogen-bond donors (Lipinski definition) is 16. The maximum Gasteiger partial charge on any atom is 0.303 e. The summed E-state index contributed by atoms with van der Waals surface area (Å²) in [5.74, 6) is -14.9. The third kappa shape index (κ3) is 27.3. The summed E-state index contributed by atoms with van der Waals surface area (Å²) in [5.41, 5.74) is 27.8. The molecule has 0 saturated carbocycles. The predicted octanol–water partition coefficient (Wildman–Crippen LogP) is -4.93. The number of rotatable bonds is 38. The van der Waals surface area contributed by atoms with Crippen molar-refractivity contribution in [3.63, 3.8) is 0 Å². The topological polar surface area (TPSA) is 526 Å². The zero-order chi connectivity index (χ0) is 60.9. The van der Waals surface area contributed by atoms with Crippen molar-refractivity contribution in [3.05, 3.63) is 65.7 Å². The van der Waals surface area contributed by atoms with Gasteiger partial charge >= 0.3 is 11.9 Å². The number of primary amides is 4. The Kier molecular flexibility index (Phi) is 29.0. The highest BCUT2D eigenvalue weighted by Crippen LogP contribution is 2.14. The van der Waals surface area contributed by atoms with Crippen molar-refractivity contribution in [1.29, 1.82) is 0 Å². The van der Waals surface area contributed by atoms with Crippen LogP contribution in [-0.2, 0) is 80.0 Å². The number of amides is 12. The van der Waals surface area contributed by atoms with E-state index in [-0.39, 0.29) is 50.2 Å². The molecule has 2 aromatic rings. The van der Waals surface area contributed by atoms with Gasteiger partial charge in [0.1, 0.15) is 48.0 Å². The average molecular weight is 1140 g/mol. The highest BCUT2D eigenvalue weighted by atomic mass is 16.4. The molecule has 0 fully saturated rings. The number of carbonyl (C=O) groups is 14. The molecule has 0 aromatic heterocycles. The molecule has 0 spiro atoms. The minimum absolute atomic E-state index is 0.108. The number of hydrogen-bond acceptors (Lipinski definition) is 16. The standard InChI is InChI=1S/C51H73N13O17/c1-26(2)22-35(49(79)61-34(14-19-40(55)68)48(78)64-37(24-28-8-10-29(65)11-9-28)50(80)59-31(44(56)74)15-20-42(70)71)62-51(81)36(23-27-6-4-3-5-7-27)63-47(77)33(16-21-43(72)73)58-41(69)25-57-46(76)32(13-18-39(54)67)60-45(75)30(52)12-17-38(53)66/h3-11,26,30-37,65H,12-25,52H2,1-2H3,(H2,53,66)(H2,54,67)(H2,55,68)(H2,56,74)(H,57,76)(H,58,69)(H,59,80)(H,60,75)(H,61,79)(H,62,81)(H,63,77)(H,64,78)(H,70,71)(H,72,73)/t30-,31-,32-,33-,34-,35-,36+,37-/m0/s1. The Morgan fingerprint density at radius 1 is 0.432 bits per heavy atom. The highest BCUT2D eigenvalue weighted by Gasteiger charge is 2.35. The van der Waals surface area contributed by atoms with E-state index < -0.39 is 183 Å². The lowest BCUT2D eigenvalue weighted by molar-refractivity contribution is -0.139. The van der Waals surface area contributed by atoms with Gasteiger partial charge in [-0.05, 0) is 67.7 Å². The fraction of sp³-hybridized carbons (Fsp3) is 0.490. The lowest BCUT2D eigenvalue weighted by atomic mass is 9.99. The van der Waals surface area contributed by atoms with E-state index in [1.54, 1.807) is 44.2 Å². The third-order valence-corrected chi connectivity index (χ3v) is 12.0. The van der Waals surface area contributed by atoms with E-state index in [0.29, 0.717) is 11.1 Å². The highest BCUT2D eigenvalue weighted by molar-refractivity contribution is 5.98. The number of carbonyl (C=O) groups excluding carboxylic acids is 12. The predicted molar refractivity (Wildman–Crippen MR) is 284 cm³/mol. The second-order valence-electron chi connectivity index (χ2n) is 19.3. The van der Waals surface area contributed by atoms with Crippen LogP contribution >= 0.6 is 0 Å². The second kappa shape index (κ2) is 34.6. The molecule has 0 unspecified atom stereocenters. The molecule has 444 valence electrons. The number of aliphatic carboxylic acids is 2. The summed E-state index contributed by atoms with van der Waals surface area (Å²) in [6, 6.07) is 1.32. The van der Waals surface area contributed by atoms with Crippen LogP contribution in [0.1, 0.15) is 95.6 Å². The Morgan fingerprint density at radius 3 is 1.27 bits per heavy atom. The number of nitrogens with two attached hydrogens (primary N) is 5. The average Bonchev–Trinajstić information content (AvgIpc) is 3.41. The first kappa shape index (κ1) is 67.9. The van der Waals surface area contributed by atoms with Gasteiger partial charge in [0.05, 0.1) is 12.6 Å². The lowest BCUT2D eigenvalue weighted by Gasteiger charge is -2.28. The Balaban J connectivity index is 2.46. The number of carboxylic acid groups (broad SMARTS) is 2. The number of phenols is 1. The van der Waals surface area contributed by atoms with Crippen LogP contribution < -0.4 is 71.2 Å². The van der Waals surface area contributed by atoms with Crippen molar-refractivity contribution >= 4 is 82.8 Å². The Hall–Kier alpha value is -9.22. The van der Waals surface area contributed by atoms with Gasteiger partial charge < -0.3 is 86.5 Å². The van der Waals surface area contributed by atoms with Crippen molar-refractivity contribution in [3.8, 4) is 5.75 Å². The molecule has 0 radical (unpaired) electrons. The van der Waals surface area contributed by atoms with Gasteiger partial charge in [-0.2, -0.15) is 0 Å². The van der Waals surface area contributed by atoms with Crippen LogP contribution in [0.25, 0.3) is 0 Å². The molecule has 30 heteroatoms. The van der Waals surface area contributed by atoms with Crippen LogP contribution in [-0.4, -0.2) is 153 Å². The number of benzene rings is 2. The molecule has 8 atom stereocenters. The summed E-state index contributed by atoms with van der Waals surface area (Å²) < 4.78 is 0. The summed E-state index contributed by atoms with van der Waals surface area (Å²) >= 11 is 0. The van der Waals surface area contributed by atoms with E-state index >= 15 is 0 Å². The minimum atomic E-state index is -1.68. The first-order valence-electron chi connectivity index (χ1n) is 25.6. The first-order valence-corrected chi connectivity index (χ1v) is 25.6. The molecule has 0 saturated heterocycles. The van der Waals surface area contributed by atoms with Gasteiger partial charge in [0.25, 0.3) is 0 Å². The fourth-order valence-electron chi connectivity index (χ4n) is 7.64. The molecular weight excluding hydrogens is 1070 g/mol. The van der Waals surface area contributed by atoms with Crippen molar-refractivity contribution < 1.29 is 82.4 Å². The summed E-state index contributed by atoms with van der Waals surface area (Å²) in [5, 5.41) is 47.8. The van der Waals surface area contributed by atoms with Crippen LogP contribution in [0.5, 0.6) is 5.75 Å². The van der Waals surface area contributed by atoms with Gasteiger partial charge in [-0.25, -0.2) is 0 Å². The van der Waals surface area contributed by atoms with Crippen molar-refractivity contribution in [2.75, 3.05) is 6.54 Å². The van der Waals surface area contributed by atoms with Gasteiger partial charge in [0, 0.05) is 44.9 Å². The molecule has 2 rings (SSSR count). The summed E-state index contributed by atoms with van der Waals surface area (Å²) in [4.78, 5) is 180. The van der Waals surface area contributed by atoms with Crippen LogP contribution in [0.4, 0.5) is 0 Å². The second-order valence-corrected chi connectivity index (χ2v) is 19.3. The van der Waals surface area contributed by atoms with Gasteiger partial charge in [0.2, 0.25) is 70.9 Å². The van der Waals surface area contributed by atoms with Crippen molar-refractivity contribution in [2.24, 2.45) is 34.6 Å². The Morgan fingerprint density at radius 2 is 0.802 bits per heavy atom. The number of phenolic OH excluding ortho intramolecular Hbond substituents is 1. The summed E-state index contributed by atoms with van der Waals surface area (Å²) in [6.45, 7) is 2.51. The number of aromatic hydroxyl groups is 1. The van der Waals surface area contributed by atoms with E-state index in [2.05, 4.69) is 42.5 Å². The monoisotopic (exact) mass is 1140 g/mol. The molecule has 0 bridgehead atoms. The van der Waals surface area contributed by atoms with Crippen LogP contribution in [0.2, 0.25) is 0 Å². The summed E-state index contributed by atoms with van der Waals surface area (Å²) in [6.07, 6.45) is -5.02. The summed E-state index contributed by atoms with van der Waals surface area (Å²) in [7, 11) is 0. The minimum Gasteiger partial charge on any atom is -0.508 e. The molecule has 81 heavy (non-hydrogen) atoms. The maximum absolute atomic E-state index is 14.4. The molecule has 0 aliphatic carbocycles. The molecule has 21 N–H and O–H groups in total. The SMILES string of the molecule is CC(C)C[C@H](NC(=O)[C@@H](Cc1ccccc1)NC(=O)[C@H](CCC(=O)O)NC(=O)CNC(=O)[C@H](CCC(N)=O)NC(=O)[C@@H](N)CCC(N)=O)C(=O)N[C@@H](CCC(N)=O)C(=O)N[C@@H](Cc1ccc(O)cc1)C(=O)N[C@@H](CCC(=O)O)C(N)=O. The molecule has 30 nitrogen and oxygen atoms in total. The van der Waals surface area contributed by atoms with E-state index in [9.17, 15) is 82.4 Å². The Bertz CT molecular complexity index is 2570. The molecular formula is C51H73N13O17. The Labute approximate surface area is 464 Å². The number of carboxylic acids is 2. The largest absolute Gasteiger partial charge is 0.508 e. The molecule has 0 heterocycles. The molecule has 0 aliphatic rings. The van der Waals surface area contributed by atoms with Gasteiger partial charge in [-0.1, -0.05) is 56.3 Å². The van der Waals surface area contributed by atoms with Gasteiger partial charge in [-0.15, -0.1) is 0 Å². The van der Waals surface area contributed by atoms with E-state index in [0.717, 1.165) is 0 Å². The van der Waals surface area contributed by atoms with E-state index in [4.69, 9.17) is 28.7 Å². The molecule has 2 aromatic carbocycles. The van der Waals surface area contributed by atoms with Crippen molar-refractivity contribution in [2.45, 2.75) is 146 Å². The van der Waals surface area contributed by atoms with Gasteiger partial charge in [-0.3, -0.25) is 67.1 Å². The van der Waals surface area contributed by atoms with Crippen molar-refractivity contribution in [1.82, 2.24) is 42.5 Å². The normalized spacial score (nSPS) is 13.8. The fourth-order valence-corrected chi connectivity index (χ4v) is 7.64. The lowest BCUT2D eigenvalue weighted by Crippen LogP contribution is -2.60. The van der Waals surface area contributed by atoms with Crippen LogP contribution in [0, 0.1) is 5.92 Å². The maximum atomic E-state index is 14.4. The zero-order valence-corrected chi connectivity index (χ0v) is 44.7. The smallest absolute Gasteiger partial charge is 0.303 e. The zero-order valence-electron chi connectivity index (χ0n) is 44.7. The van der Waals surface area contributed by atoms with E-state index in [1.807, 2.05) is 0 Å². The van der Waals surface area contributed by atoms with Crippen LogP contribution in [0.3, 0.4) is 0 Å². The number of nitrogens with one attached hydrogen (secondary N) is 8. The van der Waals surface area contributed by atoms with Crippen LogP contribution in [0.15, 0.2) is 54.6 Å². The molecule has 12 amide bonds. The van der Waals surface area contributed by atoms with E-state index in [1.165, 1.54) is 24.3 Å².